The second kappa shape index (κ2) is 5.97. The minimum atomic E-state index is -0.289. The van der Waals surface area contributed by atoms with Crippen LogP contribution in [0.1, 0.15) is 6.92 Å². The summed E-state index contributed by atoms with van der Waals surface area (Å²) in [6, 6.07) is 0. The van der Waals surface area contributed by atoms with Gasteiger partial charge in [0, 0.05) is 24.1 Å². The van der Waals surface area contributed by atoms with Crippen molar-refractivity contribution < 1.29 is 9.59 Å². The first-order valence-corrected chi connectivity index (χ1v) is 6.04. The lowest BCUT2D eigenvalue weighted by Gasteiger charge is -2.30. The quantitative estimate of drug-likeness (QED) is 0.655. The van der Waals surface area contributed by atoms with Gasteiger partial charge < -0.3 is 16.0 Å². The molecule has 1 saturated heterocycles. The molecule has 0 aromatic heterocycles. The van der Waals surface area contributed by atoms with Crippen LogP contribution in [0.2, 0.25) is 0 Å². The Morgan fingerprint density at radius 3 is 2.93 bits per heavy atom. The summed E-state index contributed by atoms with van der Waals surface area (Å²) >= 11 is 1.87. The Morgan fingerprint density at radius 2 is 2.33 bits per heavy atom. The van der Waals surface area contributed by atoms with Crippen molar-refractivity contribution in [2.24, 2.45) is 5.73 Å². The molecule has 2 amide bonds. The highest BCUT2D eigenvalue weighted by atomic mass is 32.2. The van der Waals surface area contributed by atoms with Crippen LogP contribution < -0.4 is 11.1 Å². The van der Waals surface area contributed by atoms with E-state index in [-0.39, 0.29) is 24.9 Å². The van der Waals surface area contributed by atoms with E-state index < -0.39 is 0 Å². The highest BCUT2D eigenvalue weighted by Crippen LogP contribution is 2.17. The van der Waals surface area contributed by atoms with E-state index in [9.17, 15) is 9.59 Å². The van der Waals surface area contributed by atoms with Gasteiger partial charge in [-0.25, -0.2) is 0 Å². The van der Waals surface area contributed by atoms with Crippen LogP contribution in [0.3, 0.4) is 0 Å². The molecule has 1 aliphatic heterocycles. The van der Waals surface area contributed by atoms with Crippen molar-refractivity contribution in [3.05, 3.63) is 0 Å². The number of hydrogen-bond donors (Lipinski definition) is 2. The van der Waals surface area contributed by atoms with Gasteiger partial charge >= 0.3 is 0 Å². The number of nitrogens with zero attached hydrogens (tertiary/aromatic N) is 1. The SMILES string of the molecule is CC1CN(C(=O)CNC(=O)CN)CCS1. The molecular formula is C9H17N3O2S. The predicted octanol–water partition coefficient (Wildman–Crippen LogP) is -0.975. The Bertz CT molecular complexity index is 248. The summed E-state index contributed by atoms with van der Waals surface area (Å²) in [6.45, 7) is 3.63. The molecule has 5 nitrogen and oxygen atoms in total. The van der Waals surface area contributed by atoms with Crippen LogP contribution in [-0.2, 0) is 9.59 Å². The summed E-state index contributed by atoms with van der Waals surface area (Å²) in [7, 11) is 0. The number of hydrogen-bond acceptors (Lipinski definition) is 4. The molecule has 0 aliphatic carbocycles. The van der Waals surface area contributed by atoms with Crippen molar-refractivity contribution in [3.8, 4) is 0 Å². The summed E-state index contributed by atoms with van der Waals surface area (Å²) in [6.07, 6.45) is 0. The third-order valence-corrected chi connectivity index (χ3v) is 3.35. The van der Waals surface area contributed by atoms with Gasteiger partial charge in [0.1, 0.15) is 0 Å². The molecule has 6 heteroatoms. The monoisotopic (exact) mass is 231 g/mol. The number of rotatable bonds is 3. The molecular weight excluding hydrogens is 214 g/mol. The summed E-state index contributed by atoms with van der Waals surface area (Å²) in [5.41, 5.74) is 5.12. The zero-order valence-corrected chi connectivity index (χ0v) is 9.68. The second-order valence-corrected chi connectivity index (χ2v) is 5.05. The fourth-order valence-electron chi connectivity index (χ4n) is 1.40. The molecule has 1 unspecified atom stereocenters. The highest BCUT2D eigenvalue weighted by molar-refractivity contribution is 7.99. The molecule has 1 aliphatic rings. The Balaban J connectivity index is 2.30. The molecule has 1 fully saturated rings. The maximum absolute atomic E-state index is 11.6. The van der Waals surface area contributed by atoms with Gasteiger partial charge in [0.25, 0.3) is 0 Å². The van der Waals surface area contributed by atoms with Crippen LogP contribution in [0.5, 0.6) is 0 Å². The van der Waals surface area contributed by atoms with Crippen LogP contribution in [-0.4, -0.2) is 53.9 Å². The largest absolute Gasteiger partial charge is 0.346 e. The Kier molecular flexibility index (Phi) is 4.90. The van der Waals surface area contributed by atoms with Crippen molar-refractivity contribution in [2.45, 2.75) is 12.2 Å². The van der Waals surface area contributed by atoms with E-state index in [0.29, 0.717) is 5.25 Å². The van der Waals surface area contributed by atoms with Crippen molar-refractivity contribution in [1.29, 1.82) is 0 Å². The first-order valence-electron chi connectivity index (χ1n) is 4.99. The lowest BCUT2D eigenvalue weighted by molar-refractivity contribution is -0.132. The molecule has 86 valence electrons. The number of amides is 2. The topological polar surface area (TPSA) is 75.4 Å². The van der Waals surface area contributed by atoms with E-state index in [2.05, 4.69) is 12.2 Å². The Hall–Kier alpha value is -0.750. The molecule has 0 saturated carbocycles. The molecule has 1 rings (SSSR count). The number of nitrogens with two attached hydrogens (primary N) is 1. The fraction of sp³-hybridized carbons (Fsp3) is 0.778. The van der Waals surface area contributed by atoms with Crippen molar-refractivity contribution in [2.75, 3.05) is 31.9 Å². The zero-order chi connectivity index (χ0) is 11.3. The van der Waals surface area contributed by atoms with Crippen molar-refractivity contribution >= 4 is 23.6 Å². The first-order chi connectivity index (χ1) is 7.13. The van der Waals surface area contributed by atoms with E-state index >= 15 is 0 Å². The third kappa shape index (κ3) is 4.09. The molecule has 0 aromatic rings. The van der Waals surface area contributed by atoms with Gasteiger partial charge in [0.2, 0.25) is 11.8 Å². The average molecular weight is 231 g/mol. The molecule has 0 bridgehead atoms. The lowest BCUT2D eigenvalue weighted by atomic mass is 10.3. The van der Waals surface area contributed by atoms with E-state index in [1.54, 1.807) is 4.90 Å². The Labute approximate surface area is 93.7 Å². The Morgan fingerprint density at radius 1 is 1.60 bits per heavy atom. The van der Waals surface area contributed by atoms with E-state index in [1.165, 1.54) is 0 Å². The van der Waals surface area contributed by atoms with Gasteiger partial charge in [0.15, 0.2) is 0 Å². The van der Waals surface area contributed by atoms with Gasteiger partial charge in [-0.1, -0.05) is 6.92 Å². The van der Waals surface area contributed by atoms with Crippen LogP contribution in [0.4, 0.5) is 0 Å². The van der Waals surface area contributed by atoms with Gasteiger partial charge in [-0.05, 0) is 0 Å². The number of thioether (sulfide) groups is 1. The zero-order valence-electron chi connectivity index (χ0n) is 8.86. The van der Waals surface area contributed by atoms with Gasteiger partial charge in [-0.2, -0.15) is 11.8 Å². The maximum atomic E-state index is 11.6. The lowest BCUT2D eigenvalue weighted by Crippen LogP contribution is -2.46. The van der Waals surface area contributed by atoms with Crippen LogP contribution in [0.25, 0.3) is 0 Å². The number of carbonyl (C=O) groups is 2. The standard InChI is InChI=1S/C9H17N3O2S/c1-7-6-12(2-3-15-7)9(14)5-11-8(13)4-10/h7H,2-6,10H2,1H3,(H,11,13). The molecule has 0 aromatic carbocycles. The molecule has 1 atom stereocenters. The van der Waals surface area contributed by atoms with Crippen LogP contribution in [0, 0.1) is 0 Å². The van der Waals surface area contributed by atoms with Gasteiger partial charge in [-0.15, -0.1) is 0 Å². The van der Waals surface area contributed by atoms with E-state index in [1.807, 2.05) is 11.8 Å². The summed E-state index contributed by atoms with van der Waals surface area (Å²) in [5.74, 6) is 0.657. The van der Waals surface area contributed by atoms with Crippen molar-refractivity contribution in [1.82, 2.24) is 10.2 Å². The molecule has 3 N–H and O–H groups in total. The maximum Gasteiger partial charge on any atom is 0.242 e. The number of carbonyl (C=O) groups excluding carboxylic acids is 2. The second-order valence-electron chi connectivity index (χ2n) is 3.50. The van der Waals surface area contributed by atoms with Crippen LogP contribution in [0.15, 0.2) is 0 Å². The summed E-state index contributed by atoms with van der Waals surface area (Å²) in [4.78, 5) is 24.3. The minimum absolute atomic E-state index is 0.0241. The molecule has 0 spiro atoms. The van der Waals surface area contributed by atoms with Gasteiger partial charge in [-0.3, -0.25) is 9.59 Å². The molecule has 15 heavy (non-hydrogen) atoms. The smallest absolute Gasteiger partial charge is 0.242 e. The van der Waals surface area contributed by atoms with E-state index in [0.717, 1.165) is 18.8 Å². The summed E-state index contributed by atoms with van der Waals surface area (Å²) < 4.78 is 0. The first kappa shape index (κ1) is 12.3. The molecule has 0 radical (unpaired) electrons. The van der Waals surface area contributed by atoms with E-state index in [4.69, 9.17) is 5.73 Å². The van der Waals surface area contributed by atoms with Crippen molar-refractivity contribution in [3.63, 3.8) is 0 Å². The predicted molar refractivity (Wildman–Crippen MR) is 60.6 cm³/mol. The molecule has 1 heterocycles. The van der Waals surface area contributed by atoms with Gasteiger partial charge in [0.05, 0.1) is 13.1 Å². The average Bonchev–Trinajstić information content (AvgIpc) is 2.25. The minimum Gasteiger partial charge on any atom is -0.346 e. The number of nitrogens with one attached hydrogen (secondary N) is 1. The summed E-state index contributed by atoms with van der Waals surface area (Å²) in [5, 5.41) is 2.96. The fourth-order valence-corrected chi connectivity index (χ4v) is 2.42. The normalized spacial score (nSPS) is 21.2. The van der Waals surface area contributed by atoms with Crippen LogP contribution >= 0.6 is 11.8 Å². The highest BCUT2D eigenvalue weighted by Gasteiger charge is 2.20. The third-order valence-electron chi connectivity index (χ3n) is 2.22.